The van der Waals surface area contributed by atoms with E-state index >= 15 is 0 Å². The molecule has 2 N–H and O–H groups in total. The van der Waals surface area contributed by atoms with E-state index in [9.17, 15) is 9.90 Å². The summed E-state index contributed by atoms with van der Waals surface area (Å²) in [6.45, 7) is 0.570. The number of nitrogens with one attached hydrogen (secondary N) is 1. The maximum Gasteiger partial charge on any atom is 0.250 e. The van der Waals surface area contributed by atoms with E-state index in [-0.39, 0.29) is 23.1 Å². The van der Waals surface area contributed by atoms with Gasteiger partial charge < -0.3 is 19.9 Å². The lowest BCUT2D eigenvalue weighted by molar-refractivity contribution is -0.121. The Labute approximate surface area is 115 Å². The van der Waals surface area contributed by atoms with Crippen LogP contribution in [0.4, 0.5) is 5.69 Å². The molecule has 0 bridgehead atoms. The topological polar surface area (TPSA) is 67.8 Å². The number of aromatic hydroxyl groups is 1. The van der Waals surface area contributed by atoms with Crippen LogP contribution < -0.4 is 5.32 Å². The Morgan fingerprint density at radius 1 is 1.39 bits per heavy atom. The van der Waals surface area contributed by atoms with E-state index in [1.165, 1.54) is 19.2 Å². The van der Waals surface area contributed by atoms with Crippen molar-refractivity contribution < 1.29 is 19.4 Å². The molecule has 5 nitrogen and oxygen atoms in total. The zero-order valence-electron chi connectivity index (χ0n) is 9.70. The van der Waals surface area contributed by atoms with Gasteiger partial charge in [0.2, 0.25) is 5.91 Å². The molecule has 1 amide bonds. The van der Waals surface area contributed by atoms with Crippen LogP contribution in [0.25, 0.3) is 0 Å². The number of carbonyl (C=O) groups excluding carboxylic acids is 1. The average Bonchev–Trinajstić information content (AvgIpc) is 2.31. The fourth-order valence-electron chi connectivity index (χ4n) is 1.15. The molecule has 0 saturated carbocycles. The number of hydrogen-bond donors (Lipinski definition) is 2. The number of phenols is 1. The summed E-state index contributed by atoms with van der Waals surface area (Å²) in [5.74, 6) is -0.647. The van der Waals surface area contributed by atoms with Crippen molar-refractivity contribution in [1.29, 1.82) is 0 Å². The molecular weight excluding hydrogens is 281 g/mol. The Bertz CT molecular complexity index is 426. The van der Waals surface area contributed by atoms with Crippen LogP contribution in [-0.2, 0) is 14.3 Å². The van der Waals surface area contributed by atoms with Gasteiger partial charge in [-0.25, -0.2) is 0 Å². The first-order valence-corrected chi connectivity index (χ1v) is 5.84. The minimum atomic E-state index is -0.417. The van der Waals surface area contributed by atoms with Gasteiger partial charge in [0.15, 0.2) is 5.75 Å². The van der Waals surface area contributed by atoms with Gasteiger partial charge in [-0.05, 0) is 12.1 Å². The first-order valence-electron chi connectivity index (χ1n) is 5.09. The number of amides is 1. The van der Waals surface area contributed by atoms with Crippen molar-refractivity contribution in [2.24, 2.45) is 0 Å². The summed E-state index contributed by atoms with van der Waals surface area (Å²) in [7, 11) is 1.54. The summed E-state index contributed by atoms with van der Waals surface area (Å²) in [6, 6.07) is 2.78. The molecule has 0 radical (unpaired) electrons. The van der Waals surface area contributed by atoms with E-state index < -0.39 is 5.91 Å². The standard InChI is InChI=1S/C11H13Cl2NO4/c1-17-2-3-18-6-10(15)14-9-5-7(12)4-8(13)11(9)16/h4-5,16H,2-3,6H2,1H3,(H,14,15). The molecule has 0 aliphatic carbocycles. The molecule has 0 spiro atoms. The summed E-state index contributed by atoms with van der Waals surface area (Å²) in [5, 5.41) is 12.4. The molecule has 0 atom stereocenters. The van der Waals surface area contributed by atoms with Gasteiger partial charge in [-0.3, -0.25) is 4.79 Å². The van der Waals surface area contributed by atoms with Gasteiger partial charge in [-0.1, -0.05) is 23.2 Å². The molecule has 0 aliphatic rings. The van der Waals surface area contributed by atoms with Crippen LogP contribution in [0, 0.1) is 0 Å². The molecule has 1 aromatic rings. The van der Waals surface area contributed by atoms with Crippen LogP contribution in [0.2, 0.25) is 10.0 Å². The van der Waals surface area contributed by atoms with E-state index in [1.54, 1.807) is 0 Å². The van der Waals surface area contributed by atoms with E-state index in [0.717, 1.165) is 0 Å². The van der Waals surface area contributed by atoms with Gasteiger partial charge in [-0.15, -0.1) is 0 Å². The number of phenolic OH excluding ortho intramolecular Hbond substituents is 1. The molecule has 0 heterocycles. The smallest absolute Gasteiger partial charge is 0.250 e. The third-order valence-corrected chi connectivity index (χ3v) is 2.47. The van der Waals surface area contributed by atoms with Crippen LogP contribution in [0.15, 0.2) is 12.1 Å². The second kappa shape index (κ2) is 7.43. The molecule has 18 heavy (non-hydrogen) atoms. The Morgan fingerprint density at radius 3 is 2.78 bits per heavy atom. The van der Waals surface area contributed by atoms with Crippen molar-refractivity contribution in [2.75, 3.05) is 32.2 Å². The summed E-state index contributed by atoms with van der Waals surface area (Å²) in [6.07, 6.45) is 0. The maximum absolute atomic E-state index is 11.5. The number of ether oxygens (including phenoxy) is 2. The van der Waals surface area contributed by atoms with Gasteiger partial charge in [0, 0.05) is 12.1 Å². The number of methoxy groups -OCH3 is 1. The van der Waals surface area contributed by atoms with E-state index in [1.807, 2.05) is 0 Å². The van der Waals surface area contributed by atoms with Crippen LogP contribution in [-0.4, -0.2) is 37.9 Å². The highest BCUT2D eigenvalue weighted by molar-refractivity contribution is 6.36. The Kier molecular flexibility index (Phi) is 6.21. The number of hydrogen-bond acceptors (Lipinski definition) is 4. The molecule has 7 heteroatoms. The molecule has 0 aliphatic heterocycles. The Balaban J connectivity index is 2.54. The fraction of sp³-hybridized carbons (Fsp3) is 0.364. The summed E-state index contributed by atoms with van der Waals surface area (Å²) < 4.78 is 9.78. The Hall–Kier alpha value is -1.01. The SMILES string of the molecule is COCCOCC(=O)Nc1cc(Cl)cc(Cl)c1O. The largest absolute Gasteiger partial charge is 0.504 e. The number of halogens is 2. The average molecular weight is 294 g/mol. The monoisotopic (exact) mass is 293 g/mol. The predicted octanol–water partition coefficient (Wildman–Crippen LogP) is 2.30. The van der Waals surface area contributed by atoms with E-state index in [4.69, 9.17) is 32.7 Å². The van der Waals surface area contributed by atoms with Crippen LogP contribution >= 0.6 is 23.2 Å². The predicted molar refractivity (Wildman–Crippen MR) is 69.5 cm³/mol. The molecule has 0 aromatic heterocycles. The lowest BCUT2D eigenvalue weighted by Crippen LogP contribution is -2.19. The molecule has 1 rings (SSSR count). The van der Waals surface area contributed by atoms with Gasteiger partial charge in [-0.2, -0.15) is 0 Å². The van der Waals surface area contributed by atoms with Crippen molar-refractivity contribution in [3.05, 3.63) is 22.2 Å². The van der Waals surface area contributed by atoms with E-state index in [2.05, 4.69) is 5.32 Å². The second-order valence-corrected chi connectivity index (χ2v) is 4.22. The number of rotatable bonds is 6. The third-order valence-electron chi connectivity index (χ3n) is 1.97. The third kappa shape index (κ3) is 4.70. The maximum atomic E-state index is 11.5. The zero-order chi connectivity index (χ0) is 13.5. The Morgan fingerprint density at radius 2 is 2.11 bits per heavy atom. The first-order chi connectivity index (χ1) is 8.54. The van der Waals surface area contributed by atoms with E-state index in [0.29, 0.717) is 18.2 Å². The minimum Gasteiger partial charge on any atom is -0.504 e. The van der Waals surface area contributed by atoms with Crippen LogP contribution in [0.5, 0.6) is 5.75 Å². The van der Waals surface area contributed by atoms with Crippen LogP contribution in [0.1, 0.15) is 0 Å². The summed E-state index contributed by atoms with van der Waals surface area (Å²) in [4.78, 5) is 11.5. The summed E-state index contributed by atoms with van der Waals surface area (Å²) >= 11 is 11.5. The normalized spacial score (nSPS) is 10.4. The molecule has 0 saturated heterocycles. The van der Waals surface area contributed by atoms with Crippen molar-refractivity contribution in [2.45, 2.75) is 0 Å². The number of carbonyl (C=O) groups is 1. The van der Waals surface area contributed by atoms with Crippen molar-refractivity contribution in [3.8, 4) is 5.75 Å². The number of benzene rings is 1. The van der Waals surface area contributed by atoms with Crippen molar-refractivity contribution in [1.82, 2.24) is 0 Å². The van der Waals surface area contributed by atoms with Gasteiger partial charge >= 0.3 is 0 Å². The number of anilines is 1. The van der Waals surface area contributed by atoms with Crippen molar-refractivity contribution in [3.63, 3.8) is 0 Å². The molecular formula is C11H13Cl2NO4. The lowest BCUT2D eigenvalue weighted by Gasteiger charge is -2.09. The van der Waals surface area contributed by atoms with Gasteiger partial charge in [0.1, 0.15) is 6.61 Å². The highest BCUT2D eigenvalue weighted by Gasteiger charge is 2.11. The molecule has 0 fully saturated rings. The quantitative estimate of drug-likeness (QED) is 0.624. The molecule has 0 unspecified atom stereocenters. The van der Waals surface area contributed by atoms with Gasteiger partial charge in [0.05, 0.1) is 23.9 Å². The lowest BCUT2D eigenvalue weighted by atomic mass is 10.3. The second-order valence-electron chi connectivity index (χ2n) is 3.38. The van der Waals surface area contributed by atoms with Gasteiger partial charge in [0.25, 0.3) is 0 Å². The first kappa shape index (κ1) is 15.0. The van der Waals surface area contributed by atoms with Crippen molar-refractivity contribution >= 4 is 34.8 Å². The zero-order valence-corrected chi connectivity index (χ0v) is 11.2. The molecule has 1 aromatic carbocycles. The fourth-order valence-corrected chi connectivity index (χ4v) is 1.65. The summed E-state index contributed by atoms with van der Waals surface area (Å²) in [5.41, 5.74) is 0.146. The molecule has 100 valence electrons. The highest BCUT2D eigenvalue weighted by atomic mass is 35.5. The van der Waals surface area contributed by atoms with Crippen LogP contribution in [0.3, 0.4) is 0 Å². The minimum absolute atomic E-state index is 0.0677. The highest BCUT2D eigenvalue weighted by Crippen LogP contribution is 2.34.